The van der Waals surface area contributed by atoms with Crippen molar-refractivity contribution < 1.29 is 0 Å². The molecule has 14 heavy (non-hydrogen) atoms. The van der Waals surface area contributed by atoms with Crippen LogP contribution in [0.4, 0.5) is 0 Å². The van der Waals surface area contributed by atoms with Crippen molar-refractivity contribution in [2.75, 3.05) is 0 Å². The van der Waals surface area contributed by atoms with E-state index in [0.29, 0.717) is 6.42 Å². The lowest BCUT2D eigenvalue weighted by Gasteiger charge is -1.99. The van der Waals surface area contributed by atoms with Crippen LogP contribution in [0.3, 0.4) is 0 Å². The smallest absolute Gasteiger partial charge is 0.0670 e. The van der Waals surface area contributed by atoms with Crippen molar-refractivity contribution in [3.05, 3.63) is 28.6 Å². The van der Waals surface area contributed by atoms with Gasteiger partial charge in [0.05, 0.1) is 12.5 Å². The lowest BCUT2D eigenvalue weighted by atomic mass is 10.1. The van der Waals surface area contributed by atoms with E-state index >= 15 is 0 Å². The van der Waals surface area contributed by atoms with Crippen LogP contribution in [0, 0.1) is 18.3 Å². The third-order valence-electron chi connectivity index (χ3n) is 2.24. The summed E-state index contributed by atoms with van der Waals surface area (Å²) in [6, 6.07) is 6.36. The fourth-order valence-corrected chi connectivity index (χ4v) is 2.71. The minimum Gasteiger partial charge on any atom is -0.198 e. The largest absolute Gasteiger partial charge is 0.198 e. The molecule has 1 nitrogen and oxygen atoms in total. The molecule has 3 heteroatoms. The van der Waals surface area contributed by atoms with Crippen LogP contribution in [0.2, 0.25) is 0 Å². The van der Waals surface area contributed by atoms with E-state index in [1.165, 1.54) is 15.6 Å². The fourth-order valence-electron chi connectivity index (χ4n) is 1.45. The SMILES string of the molecule is Cc1cc2c(CC#N)csc2cc1S. The minimum absolute atomic E-state index is 0.491. The highest BCUT2D eigenvalue weighted by atomic mass is 32.1. The number of benzene rings is 1. The number of fused-ring (bicyclic) bond motifs is 1. The second kappa shape index (κ2) is 3.64. The Hall–Kier alpha value is -0.980. The highest BCUT2D eigenvalue weighted by molar-refractivity contribution is 7.80. The normalized spacial score (nSPS) is 10.4. The van der Waals surface area contributed by atoms with Gasteiger partial charge in [0.1, 0.15) is 0 Å². The van der Waals surface area contributed by atoms with Crippen LogP contribution < -0.4 is 0 Å². The lowest BCUT2D eigenvalue weighted by Crippen LogP contribution is -1.80. The van der Waals surface area contributed by atoms with Crippen molar-refractivity contribution in [3.8, 4) is 6.07 Å². The lowest BCUT2D eigenvalue weighted by molar-refractivity contribution is 1.29. The first-order chi connectivity index (χ1) is 6.72. The maximum atomic E-state index is 8.66. The molecule has 0 radical (unpaired) electrons. The van der Waals surface area contributed by atoms with Gasteiger partial charge in [0.15, 0.2) is 0 Å². The second-order valence-electron chi connectivity index (χ2n) is 3.23. The number of aryl methyl sites for hydroxylation is 1. The number of hydrogen-bond donors (Lipinski definition) is 1. The topological polar surface area (TPSA) is 23.8 Å². The summed E-state index contributed by atoms with van der Waals surface area (Å²) >= 11 is 6.05. The fraction of sp³-hybridized carbons (Fsp3) is 0.182. The van der Waals surface area contributed by atoms with Gasteiger partial charge in [-0.15, -0.1) is 24.0 Å². The Bertz CT molecular complexity index is 520. The van der Waals surface area contributed by atoms with E-state index in [2.05, 4.69) is 36.2 Å². The molecule has 70 valence electrons. The van der Waals surface area contributed by atoms with Crippen LogP contribution in [0.15, 0.2) is 22.4 Å². The Kier molecular flexibility index (Phi) is 2.49. The number of nitrogens with zero attached hydrogens (tertiary/aromatic N) is 1. The molecule has 0 amide bonds. The summed E-state index contributed by atoms with van der Waals surface area (Å²) in [6.07, 6.45) is 0.491. The Morgan fingerprint density at radius 3 is 3.00 bits per heavy atom. The van der Waals surface area contributed by atoms with Crippen LogP contribution in [0.5, 0.6) is 0 Å². The standard InChI is InChI=1S/C11H9NS2/c1-7-4-9-8(2-3-12)6-14-11(9)5-10(7)13/h4-6,13H,2H2,1H3. The second-order valence-corrected chi connectivity index (χ2v) is 4.62. The van der Waals surface area contributed by atoms with Gasteiger partial charge < -0.3 is 0 Å². The maximum absolute atomic E-state index is 8.66. The molecule has 0 aliphatic rings. The average molecular weight is 219 g/mol. The summed E-state index contributed by atoms with van der Waals surface area (Å²) in [5, 5.41) is 11.9. The Labute approximate surface area is 92.4 Å². The summed E-state index contributed by atoms with van der Waals surface area (Å²) in [7, 11) is 0. The molecule has 0 unspecified atom stereocenters. The number of nitriles is 1. The Morgan fingerprint density at radius 2 is 2.29 bits per heavy atom. The summed E-state index contributed by atoms with van der Waals surface area (Å²) in [6.45, 7) is 2.04. The summed E-state index contributed by atoms with van der Waals surface area (Å²) in [4.78, 5) is 1.02. The van der Waals surface area contributed by atoms with E-state index < -0.39 is 0 Å². The summed E-state index contributed by atoms with van der Waals surface area (Å²) in [5.41, 5.74) is 2.29. The van der Waals surface area contributed by atoms with Crippen molar-refractivity contribution >= 4 is 34.1 Å². The van der Waals surface area contributed by atoms with Crippen molar-refractivity contribution in [1.82, 2.24) is 0 Å². The molecule has 0 N–H and O–H groups in total. The predicted octanol–water partition coefficient (Wildman–Crippen LogP) is 3.56. The quantitative estimate of drug-likeness (QED) is 0.728. The van der Waals surface area contributed by atoms with E-state index in [1.54, 1.807) is 11.3 Å². The van der Waals surface area contributed by atoms with E-state index in [-0.39, 0.29) is 0 Å². The third-order valence-corrected chi connectivity index (χ3v) is 3.72. The molecule has 2 rings (SSSR count). The zero-order chi connectivity index (χ0) is 10.1. The van der Waals surface area contributed by atoms with Crippen LogP contribution >= 0.6 is 24.0 Å². The molecule has 0 saturated heterocycles. The molecule has 0 bridgehead atoms. The first-order valence-electron chi connectivity index (χ1n) is 4.29. The zero-order valence-corrected chi connectivity index (χ0v) is 9.45. The summed E-state index contributed by atoms with van der Waals surface area (Å²) in [5.74, 6) is 0. The average Bonchev–Trinajstić information content (AvgIpc) is 2.51. The third kappa shape index (κ3) is 1.52. The Morgan fingerprint density at radius 1 is 1.50 bits per heavy atom. The predicted molar refractivity (Wildman–Crippen MR) is 63.1 cm³/mol. The van der Waals surface area contributed by atoms with Crippen LogP contribution in [0.1, 0.15) is 11.1 Å². The zero-order valence-electron chi connectivity index (χ0n) is 7.74. The van der Waals surface area contributed by atoms with Crippen LogP contribution in [-0.2, 0) is 6.42 Å². The number of hydrogen-bond acceptors (Lipinski definition) is 3. The number of rotatable bonds is 1. The molecule has 0 spiro atoms. The first kappa shape index (κ1) is 9.57. The molecule has 2 aromatic rings. The molecule has 0 aliphatic heterocycles. The molecule has 1 heterocycles. The molecule has 1 aromatic heterocycles. The highest BCUT2D eigenvalue weighted by Gasteiger charge is 2.05. The van der Waals surface area contributed by atoms with Gasteiger partial charge in [0.25, 0.3) is 0 Å². The number of thiol groups is 1. The van der Waals surface area contributed by atoms with Crippen LogP contribution in [0.25, 0.3) is 10.1 Å². The van der Waals surface area contributed by atoms with Gasteiger partial charge in [-0.05, 0) is 40.9 Å². The van der Waals surface area contributed by atoms with E-state index in [0.717, 1.165) is 10.5 Å². The molecular weight excluding hydrogens is 210 g/mol. The monoisotopic (exact) mass is 219 g/mol. The van der Waals surface area contributed by atoms with Gasteiger partial charge >= 0.3 is 0 Å². The summed E-state index contributed by atoms with van der Waals surface area (Å²) < 4.78 is 1.21. The van der Waals surface area contributed by atoms with Gasteiger partial charge in [-0.2, -0.15) is 5.26 Å². The molecule has 0 aliphatic carbocycles. The van der Waals surface area contributed by atoms with Crippen molar-refractivity contribution in [1.29, 1.82) is 5.26 Å². The molecule has 0 saturated carbocycles. The van der Waals surface area contributed by atoms with E-state index in [4.69, 9.17) is 5.26 Å². The Balaban J connectivity index is 2.69. The molecular formula is C11H9NS2. The van der Waals surface area contributed by atoms with E-state index in [1.807, 2.05) is 6.92 Å². The van der Waals surface area contributed by atoms with Crippen molar-refractivity contribution in [2.24, 2.45) is 0 Å². The molecule has 0 atom stereocenters. The highest BCUT2D eigenvalue weighted by Crippen LogP contribution is 2.30. The van der Waals surface area contributed by atoms with Gasteiger partial charge in [-0.1, -0.05) is 0 Å². The first-order valence-corrected chi connectivity index (χ1v) is 5.61. The van der Waals surface area contributed by atoms with E-state index in [9.17, 15) is 0 Å². The van der Waals surface area contributed by atoms with Gasteiger partial charge in [-0.25, -0.2) is 0 Å². The maximum Gasteiger partial charge on any atom is 0.0670 e. The molecule has 0 fully saturated rings. The van der Waals surface area contributed by atoms with Gasteiger partial charge in [-0.3, -0.25) is 0 Å². The van der Waals surface area contributed by atoms with Crippen molar-refractivity contribution in [2.45, 2.75) is 18.2 Å². The van der Waals surface area contributed by atoms with Crippen LogP contribution in [-0.4, -0.2) is 0 Å². The molecule has 1 aromatic carbocycles. The van der Waals surface area contributed by atoms with Gasteiger partial charge in [0, 0.05) is 9.60 Å². The van der Waals surface area contributed by atoms with Crippen molar-refractivity contribution in [3.63, 3.8) is 0 Å². The minimum atomic E-state index is 0.491. The van der Waals surface area contributed by atoms with Gasteiger partial charge in [0.2, 0.25) is 0 Å². The number of thiophene rings is 1.